The molecule has 0 unspecified atom stereocenters. The average molecular weight is 325 g/mol. The molecule has 1 aliphatic rings. The minimum Gasteiger partial charge on any atom is -0.315 e. The Labute approximate surface area is 130 Å². The molecule has 0 bridgehead atoms. The van der Waals surface area contributed by atoms with Gasteiger partial charge in [-0.05, 0) is 26.0 Å². The normalized spacial score (nSPS) is 21.7. The summed E-state index contributed by atoms with van der Waals surface area (Å²) in [5.74, 6) is -0.534. The van der Waals surface area contributed by atoms with E-state index in [-0.39, 0.29) is 16.3 Å². The summed E-state index contributed by atoms with van der Waals surface area (Å²) in [6.07, 6.45) is 3.45. The molecule has 3 rings (SSSR count). The summed E-state index contributed by atoms with van der Waals surface area (Å²) in [7, 11) is -3.26. The molecule has 0 aliphatic carbocycles. The van der Waals surface area contributed by atoms with E-state index >= 15 is 0 Å². The summed E-state index contributed by atoms with van der Waals surface area (Å²) in [5.41, 5.74) is 0. The molecule has 1 aliphatic heterocycles. The van der Waals surface area contributed by atoms with E-state index in [2.05, 4.69) is 10.3 Å². The summed E-state index contributed by atoms with van der Waals surface area (Å²) in [6, 6.07) is 4.96. The van der Waals surface area contributed by atoms with Crippen LogP contribution in [0.25, 0.3) is 10.8 Å². The van der Waals surface area contributed by atoms with Gasteiger partial charge in [-0.25, -0.2) is 4.39 Å². The molecular weight excluding hydrogens is 305 g/mol. The Morgan fingerprint density at radius 2 is 2.18 bits per heavy atom. The monoisotopic (exact) mass is 325 g/mol. The van der Waals surface area contributed by atoms with E-state index < -0.39 is 16.6 Å². The molecule has 2 heterocycles. The highest BCUT2D eigenvalue weighted by Gasteiger charge is 2.32. The molecular formula is C15H20FN3O2S. The van der Waals surface area contributed by atoms with Crippen LogP contribution in [0.15, 0.2) is 35.5 Å². The Morgan fingerprint density at radius 3 is 3.00 bits per heavy atom. The Morgan fingerprint density at radius 1 is 1.36 bits per heavy atom. The summed E-state index contributed by atoms with van der Waals surface area (Å²) in [6.45, 7) is 4.00. The number of hydrogen-bond donors (Lipinski definition) is 3. The van der Waals surface area contributed by atoms with Crippen molar-refractivity contribution >= 4 is 21.5 Å². The van der Waals surface area contributed by atoms with E-state index in [4.69, 9.17) is 0 Å². The first-order valence-electron chi connectivity index (χ1n) is 7.30. The average Bonchev–Trinajstić information content (AvgIpc) is 2.72. The van der Waals surface area contributed by atoms with Gasteiger partial charge in [0.15, 0.2) is 5.82 Å². The maximum atomic E-state index is 14.2. The first-order chi connectivity index (χ1) is 10.5. The number of nitrogens with one attached hydrogen (secondary N) is 1. The van der Waals surface area contributed by atoms with Crippen LogP contribution >= 0.6 is 10.8 Å². The number of halogens is 1. The zero-order valence-corrected chi connectivity index (χ0v) is 13.2. The minimum absolute atomic E-state index is 0.0485. The van der Waals surface area contributed by atoms with E-state index in [1.165, 1.54) is 6.20 Å². The lowest BCUT2D eigenvalue weighted by Crippen LogP contribution is -2.39. The minimum atomic E-state index is -3.26. The van der Waals surface area contributed by atoms with Gasteiger partial charge in [-0.2, -0.15) is 4.31 Å². The molecule has 22 heavy (non-hydrogen) atoms. The maximum absolute atomic E-state index is 14.2. The van der Waals surface area contributed by atoms with Crippen LogP contribution in [0.2, 0.25) is 0 Å². The van der Waals surface area contributed by atoms with Crippen LogP contribution in [0.5, 0.6) is 0 Å². The van der Waals surface area contributed by atoms with Gasteiger partial charge < -0.3 is 5.32 Å². The highest BCUT2D eigenvalue weighted by atomic mass is 32.3. The maximum Gasteiger partial charge on any atom is 0.151 e. The quantitative estimate of drug-likeness (QED) is 0.792. The lowest BCUT2D eigenvalue weighted by Gasteiger charge is -2.45. The molecule has 0 spiro atoms. The Balaban J connectivity index is 2.12. The number of hydrogen-bond acceptors (Lipinski definition) is 5. The third-order valence-corrected chi connectivity index (χ3v) is 6.11. The molecule has 1 aromatic heterocycles. The van der Waals surface area contributed by atoms with Crippen molar-refractivity contribution in [2.24, 2.45) is 0 Å². The highest BCUT2D eigenvalue weighted by Crippen LogP contribution is 2.55. The number of pyridine rings is 1. The third-order valence-electron chi connectivity index (χ3n) is 3.98. The van der Waals surface area contributed by atoms with Crippen LogP contribution in [0.4, 0.5) is 4.39 Å². The fraction of sp³-hybridized carbons (Fsp3) is 0.400. The molecule has 120 valence electrons. The predicted molar refractivity (Wildman–Crippen MR) is 86.5 cm³/mol. The van der Waals surface area contributed by atoms with Crippen molar-refractivity contribution in [2.45, 2.75) is 24.3 Å². The molecule has 1 aromatic carbocycles. The first-order valence-corrected chi connectivity index (χ1v) is 8.80. The SMILES string of the molecule is C[C@H]1CNCCCN1S(O)(O)c1cccc2cncc(F)c12. The number of nitrogens with zero attached hydrogens (tertiary/aromatic N) is 2. The number of rotatable bonds is 2. The molecule has 1 atom stereocenters. The smallest absolute Gasteiger partial charge is 0.151 e. The zero-order valence-electron chi connectivity index (χ0n) is 12.4. The van der Waals surface area contributed by atoms with Gasteiger partial charge in [0.25, 0.3) is 0 Å². The molecule has 5 nitrogen and oxygen atoms in total. The van der Waals surface area contributed by atoms with Crippen LogP contribution in [0, 0.1) is 5.82 Å². The van der Waals surface area contributed by atoms with Crippen molar-refractivity contribution in [3.8, 4) is 0 Å². The van der Waals surface area contributed by atoms with Gasteiger partial charge >= 0.3 is 0 Å². The number of benzene rings is 1. The predicted octanol–water partition coefficient (Wildman–Crippen LogP) is 3.08. The van der Waals surface area contributed by atoms with Crippen LogP contribution < -0.4 is 5.32 Å². The highest BCUT2D eigenvalue weighted by molar-refractivity contribution is 8.22. The van der Waals surface area contributed by atoms with E-state index in [1.807, 2.05) is 6.92 Å². The van der Waals surface area contributed by atoms with E-state index in [0.717, 1.165) is 19.2 Å². The molecule has 0 saturated carbocycles. The van der Waals surface area contributed by atoms with Gasteiger partial charge in [0.05, 0.1) is 11.1 Å². The van der Waals surface area contributed by atoms with Crippen molar-refractivity contribution in [3.05, 3.63) is 36.4 Å². The fourth-order valence-corrected chi connectivity index (χ4v) is 4.85. The zero-order chi connectivity index (χ0) is 15.7. The van der Waals surface area contributed by atoms with E-state index in [1.54, 1.807) is 22.5 Å². The second-order valence-corrected chi connectivity index (χ2v) is 7.49. The van der Waals surface area contributed by atoms with E-state index in [9.17, 15) is 13.5 Å². The van der Waals surface area contributed by atoms with Crippen LogP contribution in [0.1, 0.15) is 13.3 Å². The molecule has 1 fully saturated rings. The summed E-state index contributed by atoms with van der Waals surface area (Å²) in [4.78, 5) is 4.06. The van der Waals surface area contributed by atoms with Crippen molar-refractivity contribution in [1.82, 2.24) is 14.6 Å². The fourth-order valence-electron chi connectivity index (χ4n) is 2.88. The Kier molecular flexibility index (Phi) is 4.33. The molecule has 0 amide bonds. The first kappa shape index (κ1) is 15.6. The summed E-state index contributed by atoms with van der Waals surface area (Å²) < 4.78 is 37.7. The number of fused-ring (bicyclic) bond motifs is 1. The second kappa shape index (κ2) is 6.10. The third kappa shape index (κ3) is 2.70. The van der Waals surface area contributed by atoms with E-state index in [0.29, 0.717) is 18.5 Å². The van der Waals surface area contributed by atoms with Gasteiger partial charge in [0.1, 0.15) is 0 Å². The largest absolute Gasteiger partial charge is 0.315 e. The lowest BCUT2D eigenvalue weighted by molar-refractivity contribution is 0.306. The molecule has 3 N–H and O–H groups in total. The van der Waals surface area contributed by atoms with Crippen LogP contribution in [0.3, 0.4) is 0 Å². The lowest BCUT2D eigenvalue weighted by atomic mass is 10.2. The Hall–Kier alpha value is -1.25. The van der Waals surface area contributed by atoms with Crippen LogP contribution in [-0.2, 0) is 0 Å². The molecule has 7 heteroatoms. The second-order valence-electron chi connectivity index (χ2n) is 5.54. The van der Waals surface area contributed by atoms with Gasteiger partial charge in [0, 0.05) is 36.1 Å². The van der Waals surface area contributed by atoms with Crippen molar-refractivity contribution in [1.29, 1.82) is 0 Å². The molecule has 0 radical (unpaired) electrons. The van der Waals surface area contributed by atoms with Gasteiger partial charge in [0.2, 0.25) is 0 Å². The van der Waals surface area contributed by atoms with Crippen molar-refractivity contribution < 1.29 is 13.5 Å². The topological polar surface area (TPSA) is 68.6 Å². The Bertz CT molecular complexity index is 678. The molecule has 1 saturated heterocycles. The van der Waals surface area contributed by atoms with Crippen LogP contribution in [-0.4, -0.2) is 44.1 Å². The summed E-state index contributed by atoms with van der Waals surface area (Å²) >= 11 is 0. The summed E-state index contributed by atoms with van der Waals surface area (Å²) in [5, 5.41) is 4.07. The van der Waals surface area contributed by atoms with Crippen molar-refractivity contribution in [2.75, 3.05) is 19.6 Å². The molecule has 2 aromatic rings. The van der Waals surface area contributed by atoms with Gasteiger partial charge in [-0.15, -0.1) is 10.8 Å². The number of aromatic nitrogens is 1. The standard InChI is InChI=1S/C15H20FN3O2S/c1-11-8-17-6-3-7-19(11)22(20,21)14-5-2-4-12-9-18-10-13(16)15(12)14/h2,4-5,9-11,17,20-21H,3,6-8H2,1H3/t11-/m0/s1. The van der Waals surface area contributed by atoms with Crippen molar-refractivity contribution in [3.63, 3.8) is 0 Å². The van der Waals surface area contributed by atoms with Gasteiger partial charge in [-0.3, -0.25) is 14.1 Å². The van der Waals surface area contributed by atoms with Gasteiger partial charge in [-0.1, -0.05) is 12.1 Å².